The van der Waals surface area contributed by atoms with Crippen LogP contribution in [0.15, 0.2) is 82.2 Å². The van der Waals surface area contributed by atoms with E-state index in [9.17, 15) is 9.59 Å². The highest BCUT2D eigenvalue weighted by atomic mass is 16.5. The van der Waals surface area contributed by atoms with E-state index in [4.69, 9.17) is 4.52 Å². The summed E-state index contributed by atoms with van der Waals surface area (Å²) in [4.78, 5) is 29.8. The number of carbonyl (C=O) groups is 1. The zero-order chi connectivity index (χ0) is 22.1. The molecule has 9 nitrogen and oxygen atoms in total. The van der Waals surface area contributed by atoms with Crippen LogP contribution in [0, 0.1) is 6.92 Å². The van der Waals surface area contributed by atoms with E-state index < -0.39 is 5.69 Å². The number of anilines is 1. The van der Waals surface area contributed by atoms with Gasteiger partial charge >= 0.3 is 5.69 Å². The third-order valence-corrected chi connectivity index (χ3v) is 5.01. The number of hydrogen-bond donors (Lipinski definition) is 1. The van der Waals surface area contributed by atoms with Crippen LogP contribution in [-0.4, -0.2) is 30.2 Å². The fraction of sp³-hybridized carbons (Fsp3) is 0.0870. The number of benzene rings is 2. The molecule has 3 aromatic heterocycles. The number of aryl methyl sites for hydroxylation is 1. The Morgan fingerprint density at radius 3 is 2.62 bits per heavy atom. The van der Waals surface area contributed by atoms with E-state index in [1.54, 1.807) is 24.4 Å². The number of para-hydroxylation sites is 1. The van der Waals surface area contributed by atoms with Crippen molar-refractivity contribution in [2.45, 2.75) is 13.5 Å². The number of carbonyl (C=O) groups excluding carboxylic acids is 1. The largest absolute Gasteiger partial charge is 0.350 e. The fourth-order valence-corrected chi connectivity index (χ4v) is 3.38. The Kier molecular flexibility index (Phi) is 4.83. The lowest BCUT2D eigenvalue weighted by Crippen LogP contribution is -2.28. The number of rotatable bonds is 5. The normalized spacial score (nSPS) is 11.0. The summed E-state index contributed by atoms with van der Waals surface area (Å²) >= 11 is 0. The zero-order valence-corrected chi connectivity index (χ0v) is 17.1. The van der Waals surface area contributed by atoms with Crippen molar-refractivity contribution in [2.75, 3.05) is 5.32 Å². The molecule has 1 amide bonds. The van der Waals surface area contributed by atoms with E-state index >= 15 is 0 Å². The minimum Gasteiger partial charge on any atom is -0.333 e. The number of pyridine rings is 1. The van der Waals surface area contributed by atoms with Crippen LogP contribution in [0.2, 0.25) is 0 Å². The lowest BCUT2D eigenvalue weighted by molar-refractivity contribution is -0.117. The van der Waals surface area contributed by atoms with Gasteiger partial charge in [0, 0.05) is 17.4 Å². The highest BCUT2D eigenvalue weighted by molar-refractivity contribution is 5.91. The van der Waals surface area contributed by atoms with Crippen LogP contribution < -0.4 is 11.0 Å². The van der Waals surface area contributed by atoms with Crippen molar-refractivity contribution >= 4 is 17.2 Å². The molecular formula is C23H18N6O3. The quantitative estimate of drug-likeness (QED) is 0.463. The van der Waals surface area contributed by atoms with Crippen molar-refractivity contribution in [1.82, 2.24) is 24.3 Å². The lowest BCUT2D eigenvalue weighted by Gasteiger charge is -2.07. The van der Waals surface area contributed by atoms with Gasteiger partial charge in [0.15, 0.2) is 5.65 Å². The minimum absolute atomic E-state index is 0.229. The van der Waals surface area contributed by atoms with E-state index in [1.165, 1.54) is 4.40 Å². The molecule has 32 heavy (non-hydrogen) atoms. The zero-order valence-electron chi connectivity index (χ0n) is 17.1. The first-order valence-electron chi connectivity index (χ1n) is 9.93. The van der Waals surface area contributed by atoms with Crippen LogP contribution in [-0.2, 0) is 11.3 Å². The molecule has 0 radical (unpaired) electrons. The van der Waals surface area contributed by atoms with Gasteiger partial charge in [0.05, 0.1) is 5.56 Å². The number of amides is 1. The molecule has 0 fully saturated rings. The van der Waals surface area contributed by atoms with Gasteiger partial charge in [0.1, 0.15) is 6.54 Å². The molecular weight excluding hydrogens is 408 g/mol. The third-order valence-electron chi connectivity index (χ3n) is 5.01. The molecule has 5 rings (SSSR count). The second kappa shape index (κ2) is 7.95. The maximum absolute atomic E-state index is 12.8. The van der Waals surface area contributed by atoms with Gasteiger partial charge in [-0.15, -0.1) is 5.10 Å². The van der Waals surface area contributed by atoms with Crippen molar-refractivity contribution in [3.8, 4) is 22.8 Å². The number of aromatic nitrogens is 5. The molecule has 0 spiro atoms. The average molecular weight is 426 g/mol. The van der Waals surface area contributed by atoms with Crippen LogP contribution in [0.1, 0.15) is 5.56 Å². The molecule has 9 heteroatoms. The van der Waals surface area contributed by atoms with Crippen molar-refractivity contribution in [2.24, 2.45) is 0 Å². The molecule has 0 saturated carbocycles. The summed E-state index contributed by atoms with van der Waals surface area (Å²) in [5.41, 5.74) is 2.81. The van der Waals surface area contributed by atoms with Crippen LogP contribution in [0.4, 0.5) is 5.69 Å². The summed E-state index contributed by atoms with van der Waals surface area (Å²) < 4.78 is 7.89. The first kappa shape index (κ1) is 19.4. The molecule has 158 valence electrons. The smallest absolute Gasteiger partial charge is 0.333 e. The standard InChI is InChI=1S/C23H18N6O3/c1-15-8-5-6-12-18(15)24-19(30)14-29-23(31)28-13-7-11-17(21(28)26-29)22-25-20(27-32-22)16-9-3-2-4-10-16/h2-13H,14H2,1H3,(H,24,30). The molecule has 5 aromatic rings. The van der Waals surface area contributed by atoms with E-state index in [0.717, 1.165) is 15.8 Å². The maximum Gasteiger partial charge on any atom is 0.350 e. The van der Waals surface area contributed by atoms with Crippen LogP contribution >= 0.6 is 0 Å². The SMILES string of the molecule is Cc1ccccc1NC(=O)Cn1nc2c(-c3nc(-c4ccccc4)no3)cccn2c1=O. The second-order valence-corrected chi connectivity index (χ2v) is 7.21. The number of fused-ring (bicyclic) bond motifs is 1. The van der Waals surface area contributed by atoms with Gasteiger partial charge in [0.2, 0.25) is 11.7 Å². The molecule has 0 aliphatic heterocycles. The third kappa shape index (κ3) is 3.56. The Balaban J connectivity index is 1.46. The van der Waals surface area contributed by atoms with Gasteiger partial charge in [0.25, 0.3) is 5.89 Å². The van der Waals surface area contributed by atoms with Gasteiger partial charge in [-0.05, 0) is 30.7 Å². The number of nitrogens with zero attached hydrogens (tertiary/aromatic N) is 5. The van der Waals surface area contributed by atoms with E-state index in [1.807, 2.05) is 55.5 Å². The Morgan fingerprint density at radius 2 is 1.81 bits per heavy atom. The van der Waals surface area contributed by atoms with Gasteiger partial charge in [-0.1, -0.05) is 53.7 Å². The highest BCUT2D eigenvalue weighted by Gasteiger charge is 2.18. The summed E-state index contributed by atoms with van der Waals surface area (Å²) in [6.45, 7) is 1.67. The van der Waals surface area contributed by atoms with Crippen molar-refractivity contribution in [3.05, 3.63) is 89.0 Å². The molecule has 2 aromatic carbocycles. The topological polar surface area (TPSA) is 107 Å². The van der Waals surface area contributed by atoms with Crippen molar-refractivity contribution in [3.63, 3.8) is 0 Å². The molecule has 0 atom stereocenters. The van der Waals surface area contributed by atoms with E-state index in [2.05, 4.69) is 20.6 Å². The monoisotopic (exact) mass is 426 g/mol. The van der Waals surface area contributed by atoms with Crippen molar-refractivity contribution in [1.29, 1.82) is 0 Å². The summed E-state index contributed by atoms with van der Waals surface area (Å²) in [6.07, 6.45) is 1.58. The summed E-state index contributed by atoms with van der Waals surface area (Å²) in [7, 11) is 0. The fourth-order valence-electron chi connectivity index (χ4n) is 3.38. The van der Waals surface area contributed by atoms with E-state index in [0.29, 0.717) is 22.7 Å². The number of hydrogen-bond acceptors (Lipinski definition) is 6. The maximum atomic E-state index is 12.8. The predicted molar refractivity (Wildman–Crippen MR) is 118 cm³/mol. The Hall–Kier alpha value is -4.53. The van der Waals surface area contributed by atoms with Gasteiger partial charge in [-0.25, -0.2) is 13.9 Å². The van der Waals surface area contributed by atoms with Gasteiger partial charge in [-0.2, -0.15) is 4.98 Å². The average Bonchev–Trinajstić information content (AvgIpc) is 3.42. The second-order valence-electron chi connectivity index (χ2n) is 7.21. The van der Waals surface area contributed by atoms with Crippen molar-refractivity contribution < 1.29 is 9.32 Å². The molecule has 0 aliphatic rings. The lowest BCUT2D eigenvalue weighted by atomic mass is 10.2. The van der Waals surface area contributed by atoms with Crippen LogP contribution in [0.5, 0.6) is 0 Å². The summed E-state index contributed by atoms with van der Waals surface area (Å²) in [5, 5.41) is 11.2. The first-order chi connectivity index (χ1) is 15.6. The molecule has 3 heterocycles. The van der Waals surface area contributed by atoms with Gasteiger partial charge in [-0.3, -0.25) is 4.79 Å². The predicted octanol–water partition coefficient (Wildman–Crippen LogP) is 3.16. The molecule has 0 unspecified atom stereocenters. The summed E-state index contributed by atoms with van der Waals surface area (Å²) in [6, 6.07) is 20.3. The van der Waals surface area contributed by atoms with E-state index in [-0.39, 0.29) is 18.3 Å². The molecule has 1 N–H and O–H groups in total. The minimum atomic E-state index is -0.440. The van der Waals surface area contributed by atoms with Crippen LogP contribution in [0.25, 0.3) is 28.5 Å². The first-order valence-corrected chi connectivity index (χ1v) is 9.93. The van der Waals surface area contributed by atoms with Gasteiger partial charge < -0.3 is 9.84 Å². The molecule has 0 bridgehead atoms. The van der Waals surface area contributed by atoms with Crippen LogP contribution in [0.3, 0.4) is 0 Å². The summed E-state index contributed by atoms with van der Waals surface area (Å²) in [5.74, 6) is 0.313. The molecule has 0 aliphatic carbocycles. The highest BCUT2D eigenvalue weighted by Crippen LogP contribution is 2.24. The Morgan fingerprint density at radius 1 is 1.03 bits per heavy atom. The Bertz CT molecular complexity index is 1480. The molecule has 0 saturated heterocycles. The number of nitrogens with one attached hydrogen (secondary N) is 1. The Labute approximate surface area is 181 Å².